The maximum Gasteiger partial charge on any atom is 0.416 e. The summed E-state index contributed by atoms with van der Waals surface area (Å²) in [6, 6.07) is 3.12. The summed E-state index contributed by atoms with van der Waals surface area (Å²) in [5.41, 5.74) is -1.50. The van der Waals surface area contributed by atoms with Crippen LogP contribution in [0.5, 0.6) is 17.2 Å². The number of ether oxygens (including phenoxy) is 2. The van der Waals surface area contributed by atoms with Gasteiger partial charge in [-0.3, -0.25) is 0 Å². The smallest absolute Gasteiger partial charge is 0.416 e. The highest BCUT2D eigenvalue weighted by atomic mass is 19.4. The van der Waals surface area contributed by atoms with Crippen molar-refractivity contribution in [3.8, 4) is 17.2 Å². The van der Waals surface area contributed by atoms with E-state index in [1.165, 1.54) is 7.11 Å². The van der Waals surface area contributed by atoms with E-state index in [-0.39, 0.29) is 23.6 Å². The Balaban J connectivity index is 2.45. The van der Waals surface area contributed by atoms with Crippen molar-refractivity contribution in [2.45, 2.75) is 6.18 Å². The molecule has 22 heavy (non-hydrogen) atoms. The molecule has 0 radical (unpaired) electrons. The molecule has 0 saturated heterocycles. The SMILES string of the molecule is COc1ccc(F)cc1Oc1c(F)cc(C(F)(F)F)cc1F. The summed E-state index contributed by atoms with van der Waals surface area (Å²) in [6.07, 6.45) is -4.91. The second-order valence-electron chi connectivity index (χ2n) is 4.16. The average molecular weight is 322 g/mol. The highest BCUT2D eigenvalue weighted by Crippen LogP contribution is 2.38. The predicted octanol–water partition coefficient (Wildman–Crippen LogP) is 4.92. The summed E-state index contributed by atoms with van der Waals surface area (Å²) in [5.74, 6) is -5.42. The van der Waals surface area contributed by atoms with E-state index in [9.17, 15) is 26.3 Å². The molecule has 0 saturated carbocycles. The molecule has 0 fully saturated rings. The summed E-state index contributed by atoms with van der Waals surface area (Å²) in [6.45, 7) is 0. The van der Waals surface area contributed by atoms with Crippen molar-refractivity contribution in [2.24, 2.45) is 0 Å². The van der Waals surface area contributed by atoms with Crippen molar-refractivity contribution in [1.29, 1.82) is 0 Å². The molecule has 0 aliphatic rings. The van der Waals surface area contributed by atoms with Crippen LogP contribution in [0.15, 0.2) is 30.3 Å². The van der Waals surface area contributed by atoms with Crippen LogP contribution >= 0.6 is 0 Å². The summed E-state index contributed by atoms with van der Waals surface area (Å²) >= 11 is 0. The van der Waals surface area contributed by atoms with Gasteiger partial charge in [-0.2, -0.15) is 13.2 Å². The minimum Gasteiger partial charge on any atom is -0.493 e. The summed E-state index contributed by atoms with van der Waals surface area (Å²) in [4.78, 5) is 0. The molecule has 0 atom stereocenters. The number of hydrogen-bond acceptors (Lipinski definition) is 2. The molecule has 2 nitrogen and oxygen atoms in total. The van der Waals surface area contributed by atoms with Crippen molar-refractivity contribution < 1.29 is 35.8 Å². The highest BCUT2D eigenvalue weighted by molar-refractivity contribution is 5.44. The molecule has 2 rings (SSSR count). The van der Waals surface area contributed by atoms with Gasteiger partial charge in [-0.1, -0.05) is 0 Å². The van der Waals surface area contributed by atoms with Crippen LogP contribution in [0, 0.1) is 17.5 Å². The van der Waals surface area contributed by atoms with Crippen molar-refractivity contribution >= 4 is 0 Å². The first-order valence-electron chi connectivity index (χ1n) is 5.80. The van der Waals surface area contributed by atoms with Crippen molar-refractivity contribution in [1.82, 2.24) is 0 Å². The molecule has 0 N–H and O–H groups in total. The molecule has 118 valence electrons. The van der Waals surface area contributed by atoms with Gasteiger partial charge < -0.3 is 9.47 Å². The van der Waals surface area contributed by atoms with Crippen LogP contribution in [0.4, 0.5) is 26.3 Å². The summed E-state index contributed by atoms with van der Waals surface area (Å²) < 4.78 is 87.4. The summed E-state index contributed by atoms with van der Waals surface area (Å²) in [5, 5.41) is 0. The number of hydrogen-bond donors (Lipinski definition) is 0. The van der Waals surface area contributed by atoms with Gasteiger partial charge in [0, 0.05) is 6.07 Å². The predicted molar refractivity (Wildman–Crippen MR) is 64.4 cm³/mol. The number of methoxy groups -OCH3 is 1. The van der Waals surface area contributed by atoms with Crippen LogP contribution in [-0.2, 0) is 6.18 Å². The molecular formula is C14H8F6O2. The molecule has 0 heterocycles. The minimum absolute atomic E-state index is 0.0416. The van der Waals surface area contributed by atoms with Crippen LogP contribution < -0.4 is 9.47 Å². The van der Waals surface area contributed by atoms with Gasteiger partial charge in [0.15, 0.2) is 28.9 Å². The van der Waals surface area contributed by atoms with Gasteiger partial charge in [0.05, 0.1) is 12.7 Å². The highest BCUT2D eigenvalue weighted by Gasteiger charge is 2.33. The van der Waals surface area contributed by atoms with E-state index in [2.05, 4.69) is 0 Å². The standard InChI is InChI=1S/C14H8F6O2/c1-21-11-3-2-8(15)6-12(11)22-13-9(16)4-7(5-10(13)17)14(18,19)20/h2-6H,1H3. The molecule has 8 heteroatoms. The fourth-order valence-electron chi connectivity index (χ4n) is 1.66. The zero-order chi connectivity index (χ0) is 16.5. The second kappa shape index (κ2) is 5.78. The van der Waals surface area contributed by atoms with E-state index in [0.29, 0.717) is 0 Å². The Bertz CT molecular complexity index is 673. The molecule has 2 aromatic rings. The number of alkyl halides is 3. The van der Waals surface area contributed by atoms with Crippen LogP contribution in [-0.4, -0.2) is 7.11 Å². The molecule has 0 aliphatic carbocycles. The molecule has 0 spiro atoms. The van der Waals surface area contributed by atoms with E-state index in [1.807, 2.05) is 0 Å². The lowest BCUT2D eigenvalue weighted by Gasteiger charge is -2.13. The third-order valence-corrected chi connectivity index (χ3v) is 2.66. The quantitative estimate of drug-likeness (QED) is 0.747. The molecule has 2 aromatic carbocycles. The number of rotatable bonds is 3. The first-order chi connectivity index (χ1) is 10.2. The van der Waals surface area contributed by atoms with Crippen molar-refractivity contribution in [3.05, 3.63) is 53.3 Å². The zero-order valence-corrected chi connectivity index (χ0v) is 11.0. The zero-order valence-electron chi connectivity index (χ0n) is 11.0. The van der Waals surface area contributed by atoms with Gasteiger partial charge in [-0.15, -0.1) is 0 Å². The Labute approximate surface area is 120 Å². The lowest BCUT2D eigenvalue weighted by molar-refractivity contribution is -0.138. The molecular weight excluding hydrogens is 314 g/mol. The minimum atomic E-state index is -4.91. The van der Waals surface area contributed by atoms with Crippen LogP contribution in [0.3, 0.4) is 0 Å². The average Bonchev–Trinajstić information content (AvgIpc) is 2.41. The Morgan fingerprint density at radius 1 is 0.864 bits per heavy atom. The number of halogens is 6. The van der Waals surface area contributed by atoms with Gasteiger partial charge in [-0.05, 0) is 24.3 Å². The topological polar surface area (TPSA) is 18.5 Å². The Morgan fingerprint density at radius 3 is 1.95 bits per heavy atom. The van der Waals surface area contributed by atoms with Gasteiger partial charge in [0.2, 0.25) is 0 Å². The maximum absolute atomic E-state index is 13.7. The molecule has 0 bridgehead atoms. The monoisotopic (exact) mass is 322 g/mol. The van der Waals surface area contributed by atoms with Crippen LogP contribution in [0.25, 0.3) is 0 Å². The van der Waals surface area contributed by atoms with Gasteiger partial charge >= 0.3 is 6.18 Å². The van der Waals surface area contributed by atoms with Crippen molar-refractivity contribution in [2.75, 3.05) is 7.11 Å². The Hall–Kier alpha value is -2.38. The molecule has 0 amide bonds. The summed E-state index contributed by atoms with van der Waals surface area (Å²) in [7, 11) is 1.21. The first kappa shape index (κ1) is 16.0. The van der Waals surface area contributed by atoms with Crippen LogP contribution in [0.2, 0.25) is 0 Å². The molecule has 0 aliphatic heterocycles. The first-order valence-corrected chi connectivity index (χ1v) is 5.80. The fraction of sp³-hybridized carbons (Fsp3) is 0.143. The third-order valence-electron chi connectivity index (χ3n) is 2.66. The third kappa shape index (κ3) is 3.26. The Kier molecular flexibility index (Phi) is 4.20. The lowest BCUT2D eigenvalue weighted by atomic mass is 10.2. The fourth-order valence-corrected chi connectivity index (χ4v) is 1.66. The van der Waals surface area contributed by atoms with E-state index in [1.54, 1.807) is 0 Å². The van der Waals surface area contributed by atoms with Gasteiger partial charge in [-0.25, -0.2) is 13.2 Å². The van der Waals surface area contributed by atoms with E-state index < -0.39 is 34.9 Å². The number of benzene rings is 2. The van der Waals surface area contributed by atoms with Crippen molar-refractivity contribution in [3.63, 3.8) is 0 Å². The second-order valence-corrected chi connectivity index (χ2v) is 4.16. The van der Waals surface area contributed by atoms with E-state index >= 15 is 0 Å². The molecule has 0 aromatic heterocycles. The maximum atomic E-state index is 13.7. The van der Waals surface area contributed by atoms with E-state index in [4.69, 9.17) is 9.47 Å². The van der Waals surface area contributed by atoms with E-state index in [0.717, 1.165) is 18.2 Å². The lowest BCUT2D eigenvalue weighted by Crippen LogP contribution is -2.07. The van der Waals surface area contributed by atoms with Gasteiger partial charge in [0.25, 0.3) is 0 Å². The normalized spacial score (nSPS) is 11.4. The largest absolute Gasteiger partial charge is 0.493 e. The Morgan fingerprint density at radius 2 is 1.45 bits per heavy atom. The van der Waals surface area contributed by atoms with Crippen LogP contribution in [0.1, 0.15) is 5.56 Å². The van der Waals surface area contributed by atoms with Gasteiger partial charge in [0.1, 0.15) is 5.82 Å². The molecule has 0 unspecified atom stereocenters.